The maximum absolute atomic E-state index is 12.7. The van der Waals surface area contributed by atoms with E-state index in [-0.39, 0.29) is 23.3 Å². The van der Waals surface area contributed by atoms with Crippen LogP contribution in [0, 0.1) is 0 Å². The van der Waals surface area contributed by atoms with Crippen molar-refractivity contribution in [3.05, 3.63) is 82.3 Å². The topological polar surface area (TPSA) is 102 Å². The lowest BCUT2D eigenvalue weighted by atomic mass is 10.2. The molecule has 0 aliphatic carbocycles. The minimum atomic E-state index is -0.173. The molecule has 0 aliphatic rings. The van der Waals surface area contributed by atoms with Crippen LogP contribution in [0.15, 0.2) is 76.2 Å². The van der Waals surface area contributed by atoms with Gasteiger partial charge in [0, 0.05) is 29.9 Å². The third-order valence-corrected chi connectivity index (χ3v) is 9.38. The molecule has 0 saturated heterocycles. The molecule has 2 aromatic heterocycles. The first-order valence-electron chi connectivity index (χ1n) is 12.0. The molecule has 0 atom stereocenters. The highest BCUT2D eigenvalue weighted by molar-refractivity contribution is 8.01. The monoisotopic (exact) mass is 628 g/mol. The van der Waals surface area contributed by atoms with Crippen LogP contribution in [0.3, 0.4) is 0 Å². The highest BCUT2D eigenvalue weighted by Gasteiger charge is 2.16. The molecule has 3 aromatic carbocycles. The molecule has 0 saturated carbocycles. The summed E-state index contributed by atoms with van der Waals surface area (Å²) in [4.78, 5) is 29.5. The number of anilines is 1. The van der Waals surface area contributed by atoms with Gasteiger partial charge in [-0.3, -0.25) is 9.59 Å². The van der Waals surface area contributed by atoms with Gasteiger partial charge in [0.15, 0.2) is 15.3 Å². The number of benzene rings is 3. The number of carbonyl (C=O) groups is 2. The lowest BCUT2D eigenvalue weighted by Crippen LogP contribution is -2.24. The Morgan fingerprint density at radius 3 is 2.55 bits per heavy atom. The number of aromatic nitrogens is 4. The average molecular weight is 630 g/mol. The van der Waals surface area contributed by atoms with E-state index < -0.39 is 0 Å². The molecule has 5 rings (SSSR count). The van der Waals surface area contributed by atoms with Crippen LogP contribution < -0.4 is 10.6 Å². The van der Waals surface area contributed by atoms with Crippen LogP contribution in [0.5, 0.6) is 0 Å². The van der Waals surface area contributed by atoms with Crippen LogP contribution in [0.4, 0.5) is 5.69 Å². The van der Waals surface area contributed by atoms with Crippen molar-refractivity contribution in [2.45, 2.75) is 16.0 Å². The van der Waals surface area contributed by atoms with Crippen molar-refractivity contribution < 1.29 is 9.59 Å². The summed E-state index contributed by atoms with van der Waals surface area (Å²) in [6, 6.07) is 20.5. The third-order valence-electron chi connectivity index (χ3n) is 5.65. The molecule has 2 N–H and O–H groups in total. The molecule has 0 radical (unpaired) electrons. The summed E-state index contributed by atoms with van der Waals surface area (Å²) in [5.74, 6) is 0.793. The van der Waals surface area contributed by atoms with Crippen LogP contribution in [0.2, 0.25) is 10.0 Å². The molecule has 40 heavy (non-hydrogen) atoms. The molecule has 0 bridgehead atoms. The highest BCUT2D eigenvalue weighted by atomic mass is 35.5. The van der Waals surface area contributed by atoms with E-state index in [1.165, 1.54) is 34.9 Å². The van der Waals surface area contributed by atoms with Crippen molar-refractivity contribution in [2.24, 2.45) is 7.05 Å². The zero-order valence-electron chi connectivity index (χ0n) is 21.1. The molecular formula is C27H22Cl2N6O2S3. The number of fused-ring (bicyclic) bond motifs is 1. The second-order valence-electron chi connectivity index (χ2n) is 8.54. The van der Waals surface area contributed by atoms with Crippen LogP contribution in [0.1, 0.15) is 5.56 Å². The van der Waals surface area contributed by atoms with Gasteiger partial charge >= 0.3 is 0 Å². The molecule has 204 valence electrons. The number of rotatable bonds is 10. The van der Waals surface area contributed by atoms with E-state index in [1.807, 2.05) is 55.6 Å². The van der Waals surface area contributed by atoms with Gasteiger partial charge in [-0.2, -0.15) is 0 Å². The minimum absolute atomic E-state index is 0.0511. The third kappa shape index (κ3) is 7.15. The SMILES string of the molecule is Cn1c(SCC(=O)Nc2ccc3nc(SCC(=O)NCc4ccccc4)sc3c2)nnc1-c1ccc(Cl)cc1Cl. The molecule has 2 amide bonds. The fourth-order valence-corrected chi connectivity index (χ4v) is 6.83. The average Bonchev–Trinajstić information content (AvgIpc) is 3.52. The second-order valence-corrected chi connectivity index (χ2v) is 12.6. The highest BCUT2D eigenvalue weighted by Crippen LogP contribution is 2.32. The first-order chi connectivity index (χ1) is 19.4. The number of halogens is 2. The van der Waals surface area contributed by atoms with E-state index in [0.717, 1.165) is 20.1 Å². The lowest BCUT2D eigenvalue weighted by Gasteiger charge is -2.07. The first-order valence-corrected chi connectivity index (χ1v) is 15.5. The summed E-state index contributed by atoms with van der Waals surface area (Å²) in [5, 5.41) is 15.9. The Kier molecular flexibility index (Phi) is 9.28. The van der Waals surface area contributed by atoms with Crippen molar-refractivity contribution in [3.63, 3.8) is 0 Å². The molecular weight excluding hydrogens is 607 g/mol. The Labute approximate surface area is 252 Å². The Morgan fingerprint density at radius 2 is 1.75 bits per heavy atom. The Hall–Kier alpha value is -3.09. The molecule has 0 aliphatic heterocycles. The zero-order chi connectivity index (χ0) is 28.1. The number of thiazole rings is 1. The summed E-state index contributed by atoms with van der Waals surface area (Å²) in [5.41, 5.74) is 3.25. The fourth-order valence-electron chi connectivity index (χ4n) is 3.69. The van der Waals surface area contributed by atoms with Crippen LogP contribution >= 0.6 is 58.1 Å². The van der Waals surface area contributed by atoms with E-state index in [4.69, 9.17) is 23.2 Å². The van der Waals surface area contributed by atoms with Crippen LogP contribution in [-0.4, -0.2) is 43.1 Å². The van der Waals surface area contributed by atoms with E-state index >= 15 is 0 Å². The van der Waals surface area contributed by atoms with Gasteiger partial charge in [-0.15, -0.1) is 21.5 Å². The van der Waals surface area contributed by atoms with Crippen molar-refractivity contribution in [3.8, 4) is 11.4 Å². The largest absolute Gasteiger partial charge is 0.351 e. The van der Waals surface area contributed by atoms with E-state index in [0.29, 0.717) is 38.8 Å². The van der Waals surface area contributed by atoms with Crippen molar-refractivity contribution >= 4 is 85.8 Å². The Morgan fingerprint density at radius 1 is 0.950 bits per heavy atom. The summed E-state index contributed by atoms with van der Waals surface area (Å²) in [6.07, 6.45) is 0. The lowest BCUT2D eigenvalue weighted by molar-refractivity contribution is -0.118. The number of amides is 2. The first kappa shape index (κ1) is 28.4. The fraction of sp³-hybridized carbons (Fsp3) is 0.148. The summed E-state index contributed by atoms with van der Waals surface area (Å²) in [6.45, 7) is 0.496. The summed E-state index contributed by atoms with van der Waals surface area (Å²) in [7, 11) is 1.82. The molecule has 0 unspecified atom stereocenters. The van der Waals surface area contributed by atoms with Crippen molar-refractivity contribution in [1.29, 1.82) is 0 Å². The predicted octanol–water partition coefficient (Wildman–Crippen LogP) is 6.54. The summed E-state index contributed by atoms with van der Waals surface area (Å²) < 4.78 is 3.51. The molecule has 0 spiro atoms. The molecule has 8 nitrogen and oxygen atoms in total. The van der Waals surface area contributed by atoms with Gasteiger partial charge < -0.3 is 15.2 Å². The van der Waals surface area contributed by atoms with Crippen molar-refractivity contribution in [2.75, 3.05) is 16.8 Å². The number of hydrogen-bond donors (Lipinski definition) is 2. The zero-order valence-corrected chi connectivity index (χ0v) is 25.0. The smallest absolute Gasteiger partial charge is 0.234 e. The summed E-state index contributed by atoms with van der Waals surface area (Å²) >= 11 is 16.5. The molecule has 5 aromatic rings. The standard InChI is InChI=1S/C27H22Cl2N6O2S3/c1-35-25(19-9-7-17(28)11-20(19)29)33-34-26(35)38-15-24(37)31-18-8-10-21-22(12-18)40-27(32-21)39-14-23(36)30-13-16-5-3-2-4-6-16/h2-12H,13-15H2,1H3,(H,30,36)(H,31,37). The van der Waals surface area contributed by atoms with Crippen LogP contribution in [-0.2, 0) is 23.2 Å². The van der Waals surface area contributed by atoms with Gasteiger partial charge in [-0.25, -0.2) is 4.98 Å². The number of carbonyl (C=O) groups excluding carboxylic acids is 2. The van der Waals surface area contributed by atoms with Crippen molar-refractivity contribution in [1.82, 2.24) is 25.1 Å². The number of thioether (sulfide) groups is 2. The number of nitrogens with zero attached hydrogens (tertiary/aromatic N) is 4. The Bertz CT molecular complexity index is 1680. The number of nitrogens with one attached hydrogen (secondary N) is 2. The van der Waals surface area contributed by atoms with E-state index in [1.54, 1.807) is 22.8 Å². The van der Waals surface area contributed by atoms with Gasteiger partial charge in [0.05, 0.1) is 26.7 Å². The second kappa shape index (κ2) is 13.0. The maximum Gasteiger partial charge on any atom is 0.234 e. The Balaban J connectivity index is 1.13. The van der Waals surface area contributed by atoms with E-state index in [2.05, 4.69) is 25.8 Å². The number of hydrogen-bond acceptors (Lipinski definition) is 8. The van der Waals surface area contributed by atoms with Gasteiger partial charge in [-0.05, 0) is 42.0 Å². The van der Waals surface area contributed by atoms with Crippen LogP contribution in [0.25, 0.3) is 21.6 Å². The van der Waals surface area contributed by atoms with Gasteiger partial charge in [0.1, 0.15) is 0 Å². The maximum atomic E-state index is 12.7. The molecule has 13 heteroatoms. The van der Waals surface area contributed by atoms with E-state index in [9.17, 15) is 9.59 Å². The minimum Gasteiger partial charge on any atom is -0.351 e. The van der Waals surface area contributed by atoms with Gasteiger partial charge in [0.25, 0.3) is 0 Å². The molecule has 0 fully saturated rings. The predicted molar refractivity (Wildman–Crippen MR) is 164 cm³/mol. The van der Waals surface area contributed by atoms with Gasteiger partial charge in [-0.1, -0.05) is 77.1 Å². The quantitative estimate of drug-likeness (QED) is 0.169. The normalized spacial score (nSPS) is 11.1. The van der Waals surface area contributed by atoms with Gasteiger partial charge in [0.2, 0.25) is 11.8 Å². The molecule has 2 heterocycles.